The smallest absolute Gasteiger partial charge is 0.354 e. The van der Waals surface area contributed by atoms with Crippen molar-refractivity contribution in [3.05, 3.63) is 24.0 Å². The molecule has 1 aliphatic rings. The number of aromatic nitrogens is 1. The van der Waals surface area contributed by atoms with Crippen molar-refractivity contribution in [2.75, 3.05) is 11.9 Å². The molecule has 0 bridgehead atoms. The Hall–Kier alpha value is -1.95. The van der Waals surface area contributed by atoms with E-state index in [0.29, 0.717) is 11.7 Å². The van der Waals surface area contributed by atoms with Crippen molar-refractivity contribution >= 4 is 17.6 Å². The molecule has 6 heteroatoms. The summed E-state index contributed by atoms with van der Waals surface area (Å²) in [5, 5.41) is 14.8. The third-order valence-corrected chi connectivity index (χ3v) is 3.24. The molecular weight excluding hydrogens is 246 g/mol. The highest BCUT2D eigenvalue weighted by Gasteiger charge is 2.24. The number of piperidine rings is 1. The number of nitrogens with zero attached hydrogens (tertiary/aromatic N) is 1. The van der Waals surface area contributed by atoms with E-state index in [1.165, 1.54) is 12.3 Å². The third kappa shape index (κ3) is 3.51. The Morgan fingerprint density at radius 2 is 2.26 bits per heavy atom. The molecule has 1 aliphatic heterocycles. The molecule has 3 N–H and O–H groups in total. The molecule has 102 valence electrons. The highest BCUT2D eigenvalue weighted by atomic mass is 16.4. The van der Waals surface area contributed by atoms with Crippen LogP contribution in [0.25, 0.3) is 0 Å². The second kappa shape index (κ2) is 5.79. The lowest BCUT2D eigenvalue weighted by atomic mass is 9.92. The molecule has 6 nitrogen and oxygen atoms in total. The lowest BCUT2D eigenvalue weighted by Gasteiger charge is -2.27. The largest absolute Gasteiger partial charge is 0.477 e. The summed E-state index contributed by atoms with van der Waals surface area (Å²) in [4.78, 5) is 26.5. The van der Waals surface area contributed by atoms with E-state index in [9.17, 15) is 9.59 Å². The van der Waals surface area contributed by atoms with Crippen LogP contribution in [-0.2, 0) is 4.79 Å². The van der Waals surface area contributed by atoms with Gasteiger partial charge in [-0.2, -0.15) is 0 Å². The number of hydrogen-bond acceptors (Lipinski definition) is 4. The summed E-state index contributed by atoms with van der Waals surface area (Å²) in [6.45, 7) is 2.90. The number of carboxylic acid groups (broad SMARTS) is 1. The van der Waals surface area contributed by atoms with E-state index in [-0.39, 0.29) is 17.5 Å². The van der Waals surface area contributed by atoms with Gasteiger partial charge in [-0.25, -0.2) is 9.78 Å². The van der Waals surface area contributed by atoms with Crippen molar-refractivity contribution in [2.45, 2.75) is 25.8 Å². The fourth-order valence-electron chi connectivity index (χ4n) is 2.21. The number of hydrogen-bond donors (Lipinski definition) is 3. The minimum Gasteiger partial charge on any atom is -0.477 e. The summed E-state index contributed by atoms with van der Waals surface area (Å²) >= 11 is 0. The Bertz CT molecular complexity index is 473. The van der Waals surface area contributed by atoms with Crippen molar-refractivity contribution in [1.29, 1.82) is 0 Å². The first-order chi connectivity index (χ1) is 9.06. The van der Waals surface area contributed by atoms with Crippen LogP contribution in [-0.4, -0.2) is 34.6 Å². The molecule has 2 unspecified atom stereocenters. The van der Waals surface area contributed by atoms with E-state index in [4.69, 9.17) is 5.11 Å². The number of aromatic carboxylic acids is 1. The summed E-state index contributed by atoms with van der Waals surface area (Å²) in [5.41, 5.74) is 0.495. The summed E-state index contributed by atoms with van der Waals surface area (Å²) in [6.07, 6.45) is 3.00. The normalized spacial score (nSPS) is 22.8. The van der Waals surface area contributed by atoms with Gasteiger partial charge in [0.1, 0.15) is 5.69 Å². The van der Waals surface area contributed by atoms with E-state index in [1.54, 1.807) is 6.07 Å². The molecule has 2 heterocycles. The first-order valence-electron chi connectivity index (χ1n) is 6.30. The standard InChI is InChI=1S/C13H17N3O3/c1-8-6-9(4-5-14-8)12(17)16-10-2-3-11(13(18)19)15-7-10/h2-3,7-9,14H,4-6H2,1H3,(H,16,17)(H,18,19). The van der Waals surface area contributed by atoms with Gasteiger partial charge >= 0.3 is 5.97 Å². The zero-order valence-corrected chi connectivity index (χ0v) is 10.7. The Kier molecular flexibility index (Phi) is 4.11. The average Bonchev–Trinajstić information content (AvgIpc) is 2.39. The van der Waals surface area contributed by atoms with Crippen LogP contribution in [0, 0.1) is 5.92 Å². The van der Waals surface area contributed by atoms with Crippen LogP contribution in [0.1, 0.15) is 30.3 Å². The minimum atomic E-state index is -1.08. The highest BCUT2D eigenvalue weighted by Crippen LogP contribution is 2.18. The summed E-state index contributed by atoms with van der Waals surface area (Å²) in [7, 11) is 0. The van der Waals surface area contributed by atoms with Gasteiger partial charge in [0.25, 0.3) is 0 Å². The molecule has 2 rings (SSSR count). The lowest BCUT2D eigenvalue weighted by Crippen LogP contribution is -2.40. The number of carboxylic acids is 1. The van der Waals surface area contributed by atoms with Gasteiger partial charge in [-0.15, -0.1) is 0 Å². The predicted octanol–water partition coefficient (Wildman–Crippen LogP) is 1.11. The quantitative estimate of drug-likeness (QED) is 0.759. The molecule has 1 fully saturated rings. The molecule has 19 heavy (non-hydrogen) atoms. The minimum absolute atomic E-state index is 0.00426. The molecule has 1 aromatic rings. The third-order valence-electron chi connectivity index (χ3n) is 3.24. The van der Waals surface area contributed by atoms with Gasteiger partial charge in [-0.3, -0.25) is 4.79 Å². The zero-order chi connectivity index (χ0) is 13.8. The number of pyridine rings is 1. The van der Waals surface area contributed by atoms with Crippen molar-refractivity contribution in [3.63, 3.8) is 0 Å². The van der Waals surface area contributed by atoms with Crippen molar-refractivity contribution < 1.29 is 14.7 Å². The van der Waals surface area contributed by atoms with Gasteiger partial charge in [0.15, 0.2) is 0 Å². The fourth-order valence-corrected chi connectivity index (χ4v) is 2.21. The lowest BCUT2D eigenvalue weighted by molar-refractivity contribution is -0.120. The molecule has 0 saturated carbocycles. The first-order valence-corrected chi connectivity index (χ1v) is 6.30. The second-order valence-corrected chi connectivity index (χ2v) is 4.80. The van der Waals surface area contributed by atoms with E-state index in [2.05, 4.69) is 22.5 Å². The average molecular weight is 263 g/mol. The second-order valence-electron chi connectivity index (χ2n) is 4.80. The van der Waals surface area contributed by atoms with Crippen LogP contribution in [0.4, 0.5) is 5.69 Å². The van der Waals surface area contributed by atoms with Gasteiger partial charge in [-0.1, -0.05) is 0 Å². The monoisotopic (exact) mass is 263 g/mol. The molecule has 1 saturated heterocycles. The van der Waals surface area contributed by atoms with E-state index in [0.717, 1.165) is 19.4 Å². The van der Waals surface area contributed by atoms with Crippen molar-refractivity contribution in [1.82, 2.24) is 10.3 Å². The number of nitrogens with one attached hydrogen (secondary N) is 2. The van der Waals surface area contributed by atoms with Crippen LogP contribution in [0.15, 0.2) is 18.3 Å². The van der Waals surface area contributed by atoms with Gasteiger partial charge in [-0.05, 0) is 38.4 Å². The van der Waals surface area contributed by atoms with Crippen LogP contribution in [0.2, 0.25) is 0 Å². The van der Waals surface area contributed by atoms with Gasteiger partial charge < -0.3 is 15.7 Å². The maximum Gasteiger partial charge on any atom is 0.354 e. The van der Waals surface area contributed by atoms with E-state index >= 15 is 0 Å². The summed E-state index contributed by atoms with van der Waals surface area (Å²) in [6, 6.07) is 3.28. The SMILES string of the molecule is CC1CC(C(=O)Nc2ccc(C(=O)O)nc2)CCN1. The van der Waals surface area contributed by atoms with Gasteiger partial charge in [0.2, 0.25) is 5.91 Å². The molecular formula is C13H17N3O3. The number of rotatable bonds is 3. The zero-order valence-electron chi connectivity index (χ0n) is 10.7. The summed E-state index contributed by atoms with van der Waals surface area (Å²) in [5.74, 6) is -1.11. The molecule has 0 aliphatic carbocycles. The molecule has 2 atom stereocenters. The topological polar surface area (TPSA) is 91.3 Å². The maximum absolute atomic E-state index is 12.0. The fraction of sp³-hybridized carbons (Fsp3) is 0.462. The number of carbonyl (C=O) groups excluding carboxylic acids is 1. The van der Waals surface area contributed by atoms with E-state index in [1.807, 2.05) is 0 Å². The molecule has 0 spiro atoms. The van der Waals surface area contributed by atoms with Crippen LogP contribution >= 0.6 is 0 Å². The van der Waals surface area contributed by atoms with Crippen LogP contribution < -0.4 is 10.6 Å². The number of anilines is 1. The van der Waals surface area contributed by atoms with Crippen LogP contribution in [0.5, 0.6) is 0 Å². The van der Waals surface area contributed by atoms with Crippen molar-refractivity contribution in [3.8, 4) is 0 Å². The van der Waals surface area contributed by atoms with Gasteiger partial charge in [0, 0.05) is 12.0 Å². The number of carbonyl (C=O) groups is 2. The first kappa shape index (κ1) is 13.5. The molecule has 0 radical (unpaired) electrons. The Morgan fingerprint density at radius 3 is 2.84 bits per heavy atom. The predicted molar refractivity (Wildman–Crippen MR) is 70.0 cm³/mol. The van der Waals surface area contributed by atoms with Gasteiger partial charge in [0.05, 0.1) is 11.9 Å². The van der Waals surface area contributed by atoms with Crippen molar-refractivity contribution in [2.24, 2.45) is 5.92 Å². The number of amides is 1. The molecule has 1 amide bonds. The van der Waals surface area contributed by atoms with Crippen LogP contribution in [0.3, 0.4) is 0 Å². The Morgan fingerprint density at radius 1 is 1.47 bits per heavy atom. The highest BCUT2D eigenvalue weighted by molar-refractivity contribution is 5.93. The molecule has 0 aromatic carbocycles. The van der Waals surface area contributed by atoms with E-state index < -0.39 is 5.97 Å². The summed E-state index contributed by atoms with van der Waals surface area (Å²) < 4.78 is 0. The molecule has 1 aromatic heterocycles. The Balaban J connectivity index is 1.96. The maximum atomic E-state index is 12.0. The Labute approximate surface area is 111 Å².